The Bertz CT molecular complexity index is 343. The summed E-state index contributed by atoms with van der Waals surface area (Å²) in [5.41, 5.74) is 0.432. The highest BCUT2D eigenvalue weighted by Gasteiger charge is 2.68. The number of ketones is 1. The molecule has 1 saturated carbocycles. The quantitative estimate of drug-likeness (QED) is 0.491. The van der Waals surface area contributed by atoms with Gasteiger partial charge in [-0.1, -0.05) is 6.42 Å². The Balaban J connectivity index is 2.08. The topological polar surface area (TPSA) is 26.3 Å². The second-order valence-electron chi connectivity index (χ2n) is 4.76. The first kappa shape index (κ1) is 8.93. The number of carbonyl (C=O) groups is 1. The van der Waals surface area contributed by atoms with Crippen molar-refractivity contribution in [1.29, 1.82) is 0 Å². The van der Waals surface area contributed by atoms with E-state index in [-0.39, 0.29) is 22.9 Å². The molecule has 3 rings (SSSR count). The maximum atomic E-state index is 12.1. The fourth-order valence-electron chi connectivity index (χ4n) is 3.13. The van der Waals surface area contributed by atoms with Crippen LogP contribution in [0.1, 0.15) is 26.2 Å². The van der Waals surface area contributed by atoms with Crippen molar-refractivity contribution < 1.29 is 9.53 Å². The van der Waals surface area contributed by atoms with Crippen LogP contribution in [-0.2, 0) is 9.53 Å². The standard InChI is InChI=1S/C11H13ClO2/c1-10-5-7(6-12)8(14-10)9(13)11(10)3-2-4-11/h5,8H,2-4,6H2,1H3. The molecule has 1 spiro atoms. The van der Waals surface area contributed by atoms with Crippen LogP contribution < -0.4 is 0 Å². The zero-order chi connectivity index (χ0) is 9.97. The van der Waals surface area contributed by atoms with Gasteiger partial charge in [-0.3, -0.25) is 4.79 Å². The van der Waals surface area contributed by atoms with Gasteiger partial charge in [0.25, 0.3) is 0 Å². The summed E-state index contributed by atoms with van der Waals surface area (Å²) in [6.07, 6.45) is 4.90. The molecule has 2 bridgehead atoms. The van der Waals surface area contributed by atoms with Crippen LogP contribution in [0, 0.1) is 5.41 Å². The molecule has 0 N–H and O–H groups in total. The molecule has 14 heavy (non-hydrogen) atoms. The van der Waals surface area contributed by atoms with Gasteiger partial charge in [0.1, 0.15) is 6.10 Å². The third-order valence-electron chi connectivity index (χ3n) is 4.18. The van der Waals surface area contributed by atoms with Crippen molar-refractivity contribution in [3.63, 3.8) is 0 Å². The van der Waals surface area contributed by atoms with Crippen LogP contribution >= 0.6 is 11.6 Å². The second-order valence-corrected chi connectivity index (χ2v) is 5.02. The predicted octanol–water partition coefficient (Wildman–Crippen LogP) is 2.06. The molecule has 2 fully saturated rings. The van der Waals surface area contributed by atoms with E-state index in [9.17, 15) is 4.79 Å². The van der Waals surface area contributed by atoms with Gasteiger partial charge in [0.2, 0.25) is 0 Å². The molecular weight excluding hydrogens is 200 g/mol. The van der Waals surface area contributed by atoms with Gasteiger partial charge in [0.05, 0.1) is 11.0 Å². The van der Waals surface area contributed by atoms with Crippen molar-refractivity contribution in [2.24, 2.45) is 5.41 Å². The van der Waals surface area contributed by atoms with Crippen LogP contribution in [0.4, 0.5) is 0 Å². The summed E-state index contributed by atoms with van der Waals surface area (Å²) >= 11 is 5.78. The Morgan fingerprint density at radius 2 is 2.36 bits per heavy atom. The fraction of sp³-hybridized carbons (Fsp3) is 0.727. The molecule has 2 nitrogen and oxygen atoms in total. The van der Waals surface area contributed by atoms with Crippen LogP contribution in [0.3, 0.4) is 0 Å². The van der Waals surface area contributed by atoms with Crippen molar-refractivity contribution >= 4 is 17.4 Å². The minimum Gasteiger partial charge on any atom is -0.355 e. The van der Waals surface area contributed by atoms with Crippen LogP contribution in [0.5, 0.6) is 0 Å². The molecule has 2 atom stereocenters. The highest BCUT2D eigenvalue weighted by Crippen LogP contribution is 2.61. The lowest BCUT2D eigenvalue weighted by molar-refractivity contribution is -0.133. The zero-order valence-electron chi connectivity index (χ0n) is 8.18. The Kier molecular flexibility index (Phi) is 1.54. The first-order valence-electron chi connectivity index (χ1n) is 5.13. The summed E-state index contributed by atoms with van der Waals surface area (Å²) in [5, 5.41) is 0. The molecule has 2 unspecified atom stereocenters. The molecule has 0 aromatic rings. The van der Waals surface area contributed by atoms with Gasteiger partial charge >= 0.3 is 0 Å². The third-order valence-corrected chi connectivity index (χ3v) is 4.49. The maximum Gasteiger partial charge on any atom is 0.175 e. The molecule has 76 valence electrons. The van der Waals surface area contributed by atoms with Gasteiger partial charge in [-0.25, -0.2) is 0 Å². The summed E-state index contributed by atoms with van der Waals surface area (Å²) < 4.78 is 5.81. The molecule has 3 aliphatic rings. The lowest BCUT2D eigenvalue weighted by Crippen LogP contribution is -2.51. The first-order valence-corrected chi connectivity index (χ1v) is 5.66. The van der Waals surface area contributed by atoms with Crippen molar-refractivity contribution in [2.75, 3.05) is 5.88 Å². The molecule has 1 saturated heterocycles. The minimum absolute atomic E-state index is 0.187. The number of alkyl halides is 1. The van der Waals surface area contributed by atoms with E-state index in [0.717, 1.165) is 24.8 Å². The van der Waals surface area contributed by atoms with E-state index in [1.54, 1.807) is 0 Å². The second kappa shape index (κ2) is 2.42. The molecule has 1 aliphatic carbocycles. The number of fused-ring (bicyclic) bond motifs is 3. The van der Waals surface area contributed by atoms with Gasteiger partial charge in [-0.2, -0.15) is 0 Å². The first-order chi connectivity index (χ1) is 6.63. The van der Waals surface area contributed by atoms with E-state index in [4.69, 9.17) is 16.3 Å². The number of ether oxygens (including phenoxy) is 1. The summed E-state index contributed by atoms with van der Waals surface area (Å²) in [6, 6.07) is 0. The Morgan fingerprint density at radius 3 is 2.79 bits per heavy atom. The largest absolute Gasteiger partial charge is 0.355 e. The predicted molar refractivity (Wildman–Crippen MR) is 53.4 cm³/mol. The van der Waals surface area contributed by atoms with E-state index in [0.29, 0.717) is 5.88 Å². The molecule has 0 aromatic heterocycles. The summed E-state index contributed by atoms with van der Waals surface area (Å²) in [6.45, 7) is 2.03. The number of Topliss-reactive ketones (excluding diaryl/α,β-unsaturated/α-hetero) is 1. The number of carbonyl (C=O) groups excluding carboxylic acids is 1. The normalized spacial score (nSPS) is 42.9. The smallest absolute Gasteiger partial charge is 0.175 e. The van der Waals surface area contributed by atoms with Crippen molar-refractivity contribution in [1.82, 2.24) is 0 Å². The van der Waals surface area contributed by atoms with Gasteiger partial charge < -0.3 is 4.74 Å². The molecular formula is C11H13ClO2. The molecule has 2 aliphatic heterocycles. The lowest BCUT2D eigenvalue weighted by atomic mass is 9.55. The highest BCUT2D eigenvalue weighted by atomic mass is 35.5. The monoisotopic (exact) mass is 212 g/mol. The van der Waals surface area contributed by atoms with Crippen LogP contribution in [0.25, 0.3) is 0 Å². The molecule has 0 radical (unpaired) electrons. The van der Waals surface area contributed by atoms with Crippen LogP contribution in [0.15, 0.2) is 11.6 Å². The molecule has 0 aromatic carbocycles. The summed E-state index contributed by atoms with van der Waals surface area (Å²) in [4.78, 5) is 12.1. The average Bonchev–Trinajstić information content (AvgIpc) is 2.50. The number of hydrogen-bond donors (Lipinski definition) is 0. The van der Waals surface area contributed by atoms with Gasteiger partial charge in [-0.05, 0) is 31.4 Å². The number of rotatable bonds is 1. The summed E-state index contributed by atoms with van der Waals surface area (Å²) in [5.74, 6) is 0.701. The zero-order valence-corrected chi connectivity index (χ0v) is 8.93. The number of hydrogen-bond acceptors (Lipinski definition) is 2. The highest BCUT2D eigenvalue weighted by molar-refractivity contribution is 6.20. The third kappa shape index (κ3) is 0.728. The van der Waals surface area contributed by atoms with Crippen molar-refractivity contribution in [3.8, 4) is 0 Å². The van der Waals surface area contributed by atoms with Crippen LogP contribution in [-0.4, -0.2) is 23.4 Å². The maximum absolute atomic E-state index is 12.1. The van der Waals surface area contributed by atoms with Gasteiger partial charge in [0.15, 0.2) is 5.78 Å². The fourth-order valence-corrected chi connectivity index (χ4v) is 3.35. The lowest BCUT2D eigenvalue weighted by Gasteiger charge is -2.46. The van der Waals surface area contributed by atoms with E-state index in [2.05, 4.69) is 6.08 Å². The summed E-state index contributed by atoms with van der Waals surface area (Å²) in [7, 11) is 0. The minimum atomic E-state index is -0.350. The van der Waals surface area contributed by atoms with E-state index < -0.39 is 0 Å². The SMILES string of the molecule is CC12C=C(CCl)C(O1)C(=O)C21CCC1. The van der Waals surface area contributed by atoms with E-state index in [1.165, 1.54) is 0 Å². The van der Waals surface area contributed by atoms with Crippen LogP contribution in [0.2, 0.25) is 0 Å². The van der Waals surface area contributed by atoms with E-state index in [1.807, 2.05) is 6.92 Å². The Morgan fingerprint density at radius 1 is 1.64 bits per heavy atom. The average molecular weight is 213 g/mol. The van der Waals surface area contributed by atoms with Crippen molar-refractivity contribution in [3.05, 3.63) is 11.6 Å². The van der Waals surface area contributed by atoms with Gasteiger partial charge in [0, 0.05) is 5.88 Å². The van der Waals surface area contributed by atoms with Crippen molar-refractivity contribution in [2.45, 2.75) is 37.9 Å². The number of halogens is 1. The molecule has 3 heteroatoms. The van der Waals surface area contributed by atoms with Gasteiger partial charge in [-0.15, -0.1) is 11.6 Å². The Labute approximate surface area is 88.3 Å². The molecule has 0 amide bonds. The van der Waals surface area contributed by atoms with E-state index >= 15 is 0 Å². The molecule has 2 heterocycles. The Hall–Kier alpha value is -0.340.